The van der Waals surface area contributed by atoms with Crippen molar-refractivity contribution in [2.45, 2.75) is 77.6 Å². The average molecular weight is 321 g/mol. The van der Waals surface area contributed by atoms with Gasteiger partial charge < -0.3 is 4.74 Å². The Hall–Kier alpha value is -0.0500. The van der Waals surface area contributed by atoms with E-state index in [2.05, 4.69) is 22.9 Å². The summed E-state index contributed by atoms with van der Waals surface area (Å²) in [6, 6.07) is 0. The number of esters is 1. The summed E-state index contributed by atoms with van der Waals surface area (Å²) < 4.78 is 5.20. The minimum absolute atomic E-state index is 0.00835. The summed E-state index contributed by atoms with van der Waals surface area (Å²) >= 11 is 3.42. The van der Waals surface area contributed by atoms with E-state index >= 15 is 0 Å². The number of halogens is 1. The zero-order valence-electron chi connectivity index (χ0n) is 11.9. The van der Waals surface area contributed by atoms with Crippen LogP contribution >= 0.6 is 15.9 Å². The van der Waals surface area contributed by atoms with E-state index in [1.807, 2.05) is 0 Å². The first-order chi connectivity index (χ1) is 8.81. The van der Waals surface area contributed by atoms with Crippen LogP contribution in [0.2, 0.25) is 0 Å². The molecule has 0 amide bonds. The summed E-state index contributed by atoms with van der Waals surface area (Å²) in [6.45, 7) is 2.82. The van der Waals surface area contributed by atoms with Gasteiger partial charge in [0.1, 0.15) is 0 Å². The van der Waals surface area contributed by atoms with Gasteiger partial charge in [-0.3, -0.25) is 4.79 Å². The van der Waals surface area contributed by atoms with E-state index in [0.29, 0.717) is 13.0 Å². The van der Waals surface area contributed by atoms with Crippen LogP contribution in [0.25, 0.3) is 0 Å². The summed E-state index contributed by atoms with van der Waals surface area (Å²) in [5.41, 5.74) is 0. The fourth-order valence-electron chi connectivity index (χ4n) is 1.86. The van der Waals surface area contributed by atoms with Crippen molar-refractivity contribution in [2.75, 3.05) is 11.9 Å². The van der Waals surface area contributed by atoms with Crippen molar-refractivity contribution < 1.29 is 9.53 Å². The second-order valence-electron chi connectivity index (χ2n) is 4.84. The molecular weight excluding hydrogens is 292 g/mol. The van der Waals surface area contributed by atoms with Gasteiger partial charge in [-0.05, 0) is 19.3 Å². The predicted molar refractivity (Wildman–Crippen MR) is 81.2 cm³/mol. The Morgan fingerprint density at radius 2 is 1.50 bits per heavy atom. The maximum Gasteiger partial charge on any atom is 0.305 e. The molecule has 0 atom stereocenters. The summed E-state index contributed by atoms with van der Waals surface area (Å²) in [5.74, 6) is -0.00835. The minimum Gasteiger partial charge on any atom is -0.466 e. The number of rotatable bonds is 13. The maximum atomic E-state index is 11.4. The van der Waals surface area contributed by atoms with Gasteiger partial charge in [0.25, 0.3) is 0 Å². The average Bonchev–Trinajstić information content (AvgIpc) is 2.38. The van der Waals surface area contributed by atoms with E-state index in [-0.39, 0.29) is 5.97 Å². The third-order valence-electron chi connectivity index (χ3n) is 3.03. The molecular formula is C15H29BrO2. The highest BCUT2D eigenvalue weighted by molar-refractivity contribution is 9.09. The molecule has 18 heavy (non-hydrogen) atoms. The van der Waals surface area contributed by atoms with Gasteiger partial charge in [0.2, 0.25) is 0 Å². The predicted octanol–water partition coefficient (Wildman–Crippen LogP) is 5.24. The lowest BCUT2D eigenvalue weighted by Crippen LogP contribution is -2.05. The molecule has 0 radical (unpaired) electrons. The molecule has 0 saturated carbocycles. The smallest absolute Gasteiger partial charge is 0.305 e. The van der Waals surface area contributed by atoms with E-state index in [1.54, 1.807) is 0 Å². The van der Waals surface area contributed by atoms with Crippen molar-refractivity contribution >= 4 is 21.9 Å². The quantitative estimate of drug-likeness (QED) is 0.263. The largest absolute Gasteiger partial charge is 0.466 e. The summed E-state index contributed by atoms with van der Waals surface area (Å²) in [7, 11) is 0. The maximum absolute atomic E-state index is 11.4. The molecule has 108 valence electrons. The number of hydrogen-bond acceptors (Lipinski definition) is 2. The summed E-state index contributed by atoms with van der Waals surface area (Å²) in [6.07, 6.45) is 12.5. The number of ether oxygens (including phenoxy) is 1. The Bertz CT molecular complexity index is 165. The van der Waals surface area contributed by atoms with E-state index in [1.165, 1.54) is 44.9 Å². The third kappa shape index (κ3) is 14.0. The zero-order chi connectivity index (χ0) is 13.5. The van der Waals surface area contributed by atoms with Gasteiger partial charge in [0, 0.05) is 11.8 Å². The number of unbranched alkanes of at least 4 members (excludes halogenated alkanes) is 8. The van der Waals surface area contributed by atoms with Crippen molar-refractivity contribution in [3.05, 3.63) is 0 Å². The molecule has 3 heteroatoms. The van der Waals surface area contributed by atoms with E-state index < -0.39 is 0 Å². The number of hydrogen-bond donors (Lipinski definition) is 0. The Balaban J connectivity index is 3.12. The first-order valence-electron chi connectivity index (χ1n) is 7.52. The lowest BCUT2D eigenvalue weighted by atomic mass is 10.1. The van der Waals surface area contributed by atoms with Crippen LogP contribution in [-0.2, 0) is 9.53 Å². The van der Waals surface area contributed by atoms with Crippen LogP contribution in [0.15, 0.2) is 0 Å². The molecule has 0 aliphatic heterocycles. The van der Waals surface area contributed by atoms with Gasteiger partial charge in [-0.25, -0.2) is 0 Å². The topological polar surface area (TPSA) is 26.3 Å². The fraction of sp³-hybridized carbons (Fsp3) is 0.933. The first-order valence-corrected chi connectivity index (χ1v) is 8.65. The van der Waals surface area contributed by atoms with Gasteiger partial charge in [-0.2, -0.15) is 0 Å². The Labute approximate surface area is 121 Å². The number of alkyl halides is 1. The van der Waals surface area contributed by atoms with Gasteiger partial charge in [0.15, 0.2) is 0 Å². The van der Waals surface area contributed by atoms with Gasteiger partial charge >= 0.3 is 5.97 Å². The van der Waals surface area contributed by atoms with Gasteiger partial charge in [0.05, 0.1) is 6.61 Å². The van der Waals surface area contributed by atoms with Crippen molar-refractivity contribution in [1.82, 2.24) is 0 Å². The Morgan fingerprint density at radius 1 is 0.889 bits per heavy atom. The molecule has 0 rings (SSSR count). The molecule has 0 heterocycles. The van der Waals surface area contributed by atoms with Crippen LogP contribution in [0.1, 0.15) is 77.6 Å². The molecule has 0 fully saturated rings. The molecule has 2 nitrogen and oxygen atoms in total. The lowest BCUT2D eigenvalue weighted by Gasteiger charge is -2.04. The van der Waals surface area contributed by atoms with E-state index in [9.17, 15) is 4.79 Å². The molecule has 0 spiro atoms. The summed E-state index contributed by atoms with van der Waals surface area (Å²) in [5, 5.41) is 1.09. The van der Waals surface area contributed by atoms with Gasteiger partial charge in [-0.15, -0.1) is 0 Å². The molecule has 0 aromatic carbocycles. The molecule has 0 unspecified atom stereocenters. The second-order valence-corrected chi connectivity index (χ2v) is 5.63. The highest BCUT2D eigenvalue weighted by Gasteiger charge is 2.02. The molecule has 0 N–H and O–H groups in total. The van der Waals surface area contributed by atoms with Crippen molar-refractivity contribution in [2.24, 2.45) is 0 Å². The minimum atomic E-state index is -0.00835. The molecule has 0 aliphatic carbocycles. The molecule has 0 aromatic heterocycles. The standard InChI is InChI=1S/C15H29BrO2/c1-2-3-4-8-11-14-18-15(17)12-9-6-5-7-10-13-16/h2-14H2,1H3. The van der Waals surface area contributed by atoms with Crippen LogP contribution in [-0.4, -0.2) is 17.9 Å². The highest BCUT2D eigenvalue weighted by Crippen LogP contribution is 2.08. The van der Waals surface area contributed by atoms with Crippen molar-refractivity contribution in [3.63, 3.8) is 0 Å². The molecule has 0 aromatic rings. The zero-order valence-corrected chi connectivity index (χ0v) is 13.5. The van der Waals surface area contributed by atoms with Crippen LogP contribution in [0.4, 0.5) is 0 Å². The fourth-order valence-corrected chi connectivity index (χ4v) is 2.25. The van der Waals surface area contributed by atoms with Crippen LogP contribution in [0.5, 0.6) is 0 Å². The van der Waals surface area contributed by atoms with E-state index in [4.69, 9.17) is 4.74 Å². The second kappa shape index (κ2) is 15.0. The number of carbonyl (C=O) groups excluding carboxylic acids is 1. The van der Waals surface area contributed by atoms with Crippen LogP contribution in [0.3, 0.4) is 0 Å². The van der Waals surface area contributed by atoms with Crippen LogP contribution in [0, 0.1) is 0 Å². The summed E-state index contributed by atoms with van der Waals surface area (Å²) in [4.78, 5) is 11.4. The van der Waals surface area contributed by atoms with Crippen molar-refractivity contribution in [3.8, 4) is 0 Å². The Kier molecular flexibility index (Phi) is 15.0. The first kappa shape index (κ1) is 17.9. The molecule has 0 bridgehead atoms. The normalized spacial score (nSPS) is 10.6. The van der Waals surface area contributed by atoms with Crippen molar-refractivity contribution in [1.29, 1.82) is 0 Å². The van der Waals surface area contributed by atoms with E-state index in [0.717, 1.165) is 24.6 Å². The molecule has 0 saturated heterocycles. The Morgan fingerprint density at radius 3 is 2.22 bits per heavy atom. The lowest BCUT2D eigenvalue weighted by molar-refractivity contribution is -0.143. The number of carbonyl (C=O) groups is 1. The molecule has 0 aliphatic rings. The third-order valence-corrected chi connectivity index (χ3v) is 3.59. The highest BCUT2D eigenvalue weighted by atomic mass is 79.9. The monoisotopic (exact) mass is 320 g/mol. The van der Waals surface area contributed by atoms with Gasteiger partial charge in [-0.1, -0.05) is 67.8 Å². The SMILES string of the molecule is CCCCCCCOC(=O)CCCCCCCBr. The van der Waals surface area contributed by atoms with Crippen LogP contribution < -0.4 is 0 Å².